The molecule has 0 aliphatic rings. The number of rotatable bonds is 1. The van der Waals surface area contributed by atoms with Crippen LogP contribution in [-0.4, -0.2) is 5.84 Å². The molecule has 0 spiro atoms. The minimum Gasteiger partial charge on any atom is -0.387 e. The van der Waals surface area contributed by atoms with Crippen molar-refractivity contribution in [3.63, 3.8) is 0 Å². The van der Waals surface area contributed by atoms with Crippen molar-refractivity contribution in [1.82, 2.24) is 0 Å². The van der Waals surface area contributed by atoms with Gasteiger partial charge in [-0.1, -0.05) is 6.07 Å². The lowest BCUT2D eigenvalue weighted by molar-refractivity contribution is 0.628. The van der Waals surface area contributed by atoms with Gasteiger partial charge in [-0.3, -0.25) is 0 Å². The summed E-state index contributed by atoms with van der Waals surface area (Å²) in [6.07, 6.45) is 0. The molecule has 12 heavy (non-hydrogen) atoms. The van der Waals surface area contributed by atoms with E-state index in [1.807, 2.05) is 6.92 Å². The molecule has 0 saturated carbocycles. The first-order chi connectivity index (χ1) is 5.59. The maximum absolute atomic E-state index is 13.0. The summed E-state index contributed by atoms with van der Waals surface area (Å²) in [6, 6.07) is 4.84. The van der Waals surface area contributed by atoms with E-state index >= 15 is 0 Å². The summed E-state index contributed by atoms with van der Waals surface area (Å²) in [5, 5.41) is 0. The molecule has 1 aromatic rings. The Bertz CT molecular complexity index is 314. The Morgan fingerprint density at radius 3 is 2.67 bits per heavy atom. The van der Waals surface area contributed by atoms with Crippen LogP contribution in [0.2, 0.25) is 0 Å². The van der Waals surface area contributed by atoms with E-state index in [2.05, 4.69) is 4.99 Å². The Morgan fingerprint density at radius 1 is 1.50 bits per heavy atom. The zero-order valence-corrected chi connectivity index (χ0v) is 7.13. The van der Waals surface area contributed by atoms with Crippen LogP contribution in [0.4, 0.5) is 10.1 Å². The number of nitrogens with two attached hydrogens (primary N) is 1. The third-order valence-electron chi connectivity index (χ3n) is 1.40. The van der Waals surface area contributed by atoms with E-state index in [1.54, 1.807) is 19.1 Å². The molecule has 3 heteroatoms. The van der Waals surface area contributed by atoms with Crippen molar-refractivity contribution in [2.24, 2.45) is 10.7 Å². The minimum atomic E-state index is -0.334. The number of nitrogens with zero attached hydrogens (tertiary/aromatic N) is 1. The second-order valence-corrected chi connectivity index (χ2v) is 2.71. The molecule has 0 saturated heterocycles. The Hall–Kier alpha value is -1.38. The van der Waals surface area contributed by atoms with Crippen LogP contribution in [0.3, 0.4) is 0 Å². The molecular weight excluding hydrogens is 155 g/mol. The lowest BCUT2D eigenvalue weighted by Crippen LogP contribution is -2.04. The molecule has 0 heterocycles. The maximum Gasteiger partial charge on any atom is 0.149 e. The van der Waals surface area contributed by atoms with Gasteiger partial charge in [-0.2, -0.15) is 0 Å². The predicted octanol–water partition coefficient (Wildman–Crippen LogP) is 2.14. The number of hydrogen-bond donors (Lipinski definition) is 1. The SMILES string of the molecule is CC(N)=Nc1ccc(C)cc1F. The van der Waals surface area contributed by atoms with Gasteiger partial charge in [0.2, 0.25) is 0 Å². The average Bonchev–Trinajstić information content (AvgIpc) is 1.94. The number of halogens is 1. The van der Waals surface area contributed by atoms with Crippen LogP contribution < -0.4 is 5.73 Å². The Labute approximate surface area is 70.9 Å². The van der Waals surface area contributed by atoms with Crippen LogP contribution in [-0.2, 0) is 0 Å². The monoisotopic (exact) mass is 166 g/mol. The van der Waals surface area contributed by atoms with Gasteiger partial charge in [-0.15, -0.1) is 0 Å². The Morgan fingerprint density at radius 2 is 2.17 bits per heavy atom. The van der Waals surface area contributed by atoms with E-state index in [0.717, 1.165) is 5.56 Å². The van der Waals surface area contributed by atoms with Crippen LogP contribution >= 0.6 is 0 Å². The largest absolute Gasteiger partial charge is 0.387 e. The Kier molecular flexibility index (Phi) is 2.43. The summed E-state index contributed by atoms with van der Waals surface area (Å²) in [6.45, 7) is 3.45. The molecule has 0 radical (unpaired) electrons. The number of benzene rings is 1. The van der Waals surface area contributed by atoms with E-state index in [9.17, 15) is 4.39 Å². The predicted molar refractivity (Wildman–Crippen MR) is 48.1 cm³/mol. The average molecular weight is 166 g/mol. The molecular formula is C9H11FN2. The lowest BCUT2D eigenvalue weighted by atomic mass is 10.2. The second-order valence-electron chi connectivity index (χ2n) is 2.71. The highest BCUT2D eigenvalue weighted by molar-refractivity contribution is 5.80. The fourth-order valence-electron chi connectivity index (χ4n) is 0.893. The minimum absolute atomic E-state index is 0.292. The molecule has 0 unspecified atom stereocenters. The molecule has 1 aromatic carbocycles. The zero-order chi connectivity index (χ0) is 9.14. The zero-order valence-electron chi connectivity index (χ0n) is 7.13. The van der Waals surface area contributed by atoms with Gasteiger partial charge in [0.05, 0.1) is 5.84 Å². The number of amidine groups is 1. The molecule has 0 bridgehead atoms. The molecule has 0 aliphatic carbocycles. The van der Waals surface area contributed by atoms with E-state index in [4.69, 9.17) is 5.73 Å². The van der Waals surface area contributed by atoms with Crippen LogP contribution in [0, 0.1) is 12.7 Å². The Balaban J connectivity index is 3.10. The fourth-order valence-corrected chi connectivity index (χ4v) is 0.893. The summed E-state index contributed by atoms with van der Waals surface area (Å²) >= 11 is 0. The molecule has 0 aromatic heterocycles. The van der Waals surface area contributed by atoms with Crippen molar-refractivity contribution in [2.45, 2.75) is 13.8 Å². The highest BCUT2D eigenvalue weighted by Crippen LogP contribution is 2.18. The number of aryl methyl sites for hydroxylation is 1. The van der Waals surface area contributed by atoms with E-state index in [0.29, 0.717) is 11.5 Å². The topological polar surface area (TPSA) is 38.4 Å². The van der Waals surface area contributed by atoms with Gasteiger partial charge in [0.1, 0.15) is 11.5 Å². The smallest absolute Gasteiger partial charge is 0.149 e. The lowest BCUT2D eigenvalue weighted by Gasteiger charge is -1.98. The second kappa shape index (κ2) is 3.34. The fraction of sp³-hybridized carbons (Fsp3) is 0.222. The molecule has 2 N–H and O–H groups in total. The summed E-state index contributed by atoms with van der Waals surface area (Å²) in [5.74, 6) is 0.0255. The van der Waals surface area contributed by atoms with E-state index < -0.39 is 0 Å². The molecule has 1 rings (SSSR count). The van der Waals surface area contributed by atoms with Gasteiger partial charge in [0.15, 0.2) is 0 Å². The first-order valence-corrected chi connectivity index (χ1v) is 3.66. The third-order valence-corrected chi connectivity index (χ3v) is 1.40. The first kappa shape index (κ1) is 8.71. The van der Waals surface area contributed by atoms with E-state index in [-0.39, 0.29) is 5.82 Å². The molecule has 0 aliphatic heterocycles. The highest BCUT2D eigenvalue weighted by atomic mass is 19.1. The van der Waals surface area contributed by atoms with Crippen molar-refractivity contribution in [1.29, 1.82) is 0 Å². The van der Waals surface area contributed by atoms with E-state index in [1.165, 1.54) is 6.07 Å². The van der Waals surface area contributed by atoms with Gasteiger partial charge < -0.3 is 5.73 Å². The summed E-state index contributed by atoms with van der Waals surface area (Å²) < 4.78 is 13.0. The molecule has 64 valence electrons. The summed E-state index contributed by atoms with van der Waals surface area (Å²) in [4.78, 5) is 3.82. The van der Waals surface area contributed by atoms with Crippen molar-refractivity contribution in [2.75, 3.05) is 0 Å². The van der Waals surface area contributed by atoms with Crippen LogP contribution in [0.15, 0.2) is 23.2 Å². The normalized spacial score (nSPS) is 11.8. The molecule has 2 nitrogen and oxygen atoms in total. The van der Waals surface area contributed by atoms with Gasteiger partial charge in [-0.05, 0) is 31.5 Å². The molecule has 0 atom stereocenters. The van der Waals surface area contributed by atoms with Crippen molar-refractivity contribution < 1.29 is 4.39 Å². The third kappa shape index (κ3) is 2.05. The summed E-state index contributed by atoms with van der Waals surface area (Å²) in [5.41, 5.74) is 6.48. The summed E-state index contributed by atoms with van der Waals surface area (Å²) in [7, 11) is 0. The van der Waals surface area contributed by atoms with Gasteiger partial charge >= 0.3 is 0 Å². The standard InChI is InChI=1S/C9H11FN2/c1-6-3-4-9(8(10)5-6)12-7(2)11/h3-5H,1-2H3,(H2,11,12). The quantitative estimate of drug-likeness (QED) is 0.503. The number of hydrogen-bond acceptors (Lipinski definition) is 1. The first-order valence-electron chi connectivity index (χ1n) is 3.66. The van der Waals surface area contributed by atoms with Crippen molar-refractivity contribution in [3.8, 4) is 0 Å². The van der Waals surface area contributed by atoms with Gasteiger partial charge in [-0.25, -0.2) is 9.38 Å². The van der Waals surface area contributed by atoms with Crippen LogP contribution in [0.25, 0.3) is 0 Å². The van der Waals surface area contributed by atoms with Crippen LogP contribution in [0.5, 0.6) is 0 Å². The molecule has 0 fully saturated rings. The van der Waals surface area contributed by atoms with Crippen molar-refractivity contribution in [3.05, 3.63) is 29.6 Å². The van der Waals surface area contributed by atoms with Gasteiger partial charge in [0.25, 0.3) is 0 Å². The van der Waals surface area contributed by atoms with Crippen LogP contribution in [0.1, 0.15) is 12.5 Å². The highest BCUT2D eigenvalue weighted by Gasteiger charge is 1.99. The van der Waals surface area contributed by atoms with Gasteiger partial charge in [0, 0.05) is 0 Å². The maximum atomic E-state index is 13.0. The molecule has 0 amide bonds. The number of aliphatic imine (C=N–C) groups is 1. The van der Waals surface area contributed by atoms with Crippen molar-refractivity contribution >= 4 is 11.5 Å².